The van der Waals surface area contributed by atoms with Gasteiger partial charge in [0.25, 0.3) is 0 Å². The maximum atomic E-state index is 6.67. The van der Waals surface area contributed by atoms with E-state index in [1.165, 1.54) is 65.9 Å². The smallest absolute Gasteiger partial charge is 0.143 e. The molecule has 0 spiro atoms. The van der Waals surface area contributed by atoms with Crippen molar-refractivity contribution in [3.8, 4) is 44.5 Å². The quantitative estimate of drug-likeness (QED) is 0.233. The van der Waals surface area contributed by atoms with Crippen LogP contribution in [0, 0.1) is 0 Å². The van der Waals surface area contributed by atoms with E-state index in [1.54, 1.807) is 0 Å². The third-order valence-corrected chi connectivity index (χ3v) is 8.44. The molecule has 9 rings (SSSR count). The van der Waals surface area contributed by atoms with E-state index in [1.807, 2.05) is 0 Å². The lowest BCUT2D eigenvalue weighted by Gasteiger charge is -2.11. The first-order chi connectivity index (χ1) is 19.4. The van der Waals surface area contributed by atoms with Crippen molar-refractivity contribution in [3.63, 3.8) is 0 Å². The molecule has 180 valence electrons. The van der Waals surface area contributed by atoms with Gasteiger partial charge in [0.15, 0.2) is 0 Å². The van der Waals surface area contributed by atoms with Gasteiger partial charge in [-0.05, 0) is 66.6 Å². The first-order valence-corrected chi connectivity index (χ1v) is 13.4. The Morgan fingerprint density at radius 2 is 0.821 bits per heavy atom. The van der Waals surface area contributed by atoms with Gasteiger partial charge >= 0.3 is 0 Å². The fourth-order valence-electron chi connectivity index (χ4n) is 6.79. The largest absolute Gasteiger partial charge is 0.455 e. The van der Waals surface area contributed by atoms with E-state index in [4.69, 9.17) is 4.42 Å². The van der Waals surface area contributed by atoms with E-state index in [2.05, 4.69) is 133 Å². The van der Waals surface area contributed by atoms with Crippen molar-refractivity contribution >= 4 is 43.5 Å². The van der Waals surface area contributed by atoms with E-state index in [0.29, 0.717) is 0 Å². The topological polar surface area (TPSA) is 13.1 Å². The zero-order valence-electron chi connectivity index (χ0n) is 21.1. The molecule has 8 aromatic rings. The predicted octanol–water partition coefficient (Wildman–Crippen LogP) is 10.9. The Bertz CT molecular complexity index is 2250. The van der Waals surface area contributed by atoms with Crippen molar-refractivity contribution in [3.05, 3.63) is 133 Å². The molecule has 1 heterocycles. The summed E-state index contributed by atoms with van der Waals surface area (Å²) in [5, 5.41) is 7.42. The molecule has 7 aromatic carbocycles. The molecule has 0 fully saturated rings. The van der Waals surface area contributed by atoms with Gasteiger partial charge in [-0.2, -0.15) is 0 Å². The van der Waals surface area contributed by atoms with Crippen LogP contribution >= 0.6 is 0 Å². The highest BCUT2D eigenvalue weighted by molar-refractivity contribution is 6.22. The van der Waals surface area contributed by atoms with Crippen LogP contribution in [0.4, 0.5) is 0 Å². The van der Waals surface area contributed by atoms with Crippen LogP contribution < -0.4 is 0 Å². The Morgan fingerprint density at radius 3 is 1.69 bits per heavy atom. The summed E-state index contributed by atoms with van der Waals surface area (Å²) in [6.45, 7) is 0. The highest BCUT2D eigenvalue weighted by Gasteiger charge is 2.23. The molecule has 0 amide bonds. The van der Waals surface area contributed by atoms with Gasteiger partial charge in [0.05, 0.1) is 0 Å². The van der Waals surface area contributed by atoms with Gasteiger partial charge in [-0.1, -0.05) is 127 Å². The Labute approximate surface area is 225 Å². The second-order valence-corrected chi connectivity index (χ2v) is 10.4. The third kappa shape index (κ3) is 2.79. The number of hydrogen-bond acceptors (Lipinski definition) is 1. The van der Waals surface area contributed by atoms with Gasteiger partial charge in [0.1, 0.15) is 11.2 Å². The summed E-state index contributed by atoms with van der Waals surface area (Å²) in [7, 11) is 0. The monoisotopic (exact) mass is 494 g/mol. The summed E-state index contributed by atoms with van der Waals surface area (Å²) in [6, 6.07) is 48.2. The van der Waals surface area contributed by atoms with Crippen molar-refractivity contribution in [1.29, 1.82) is 0 Å². The van der Waals surface area contributed by atoms with Crippen LogP contribution in [-0.2, 0) is 0 Å². The second kappa shape index (κ2) is 7.69. The molecule has 1 heteroatoms. The minimum absolute atomic E-state index is 0.918. The average Bonchev–Trinajstić information content (AvgIpc) is 3.54. The zero-order chi connectivity index (χ0) is 25.5. The van der Waals surface area contributed by atoms with Crippen LogP contribution in [0.1, 0.15) is 0 Å². The predicted molar refractivity (Wildman–Crippen MR) is 164 cm³/mol. The number of para-hydroxylation sites is 1. The van der Waals surface area contributed by atoms with Gasteiger partial charge in [-0.25, -0.2) is 0 Å². The molecule has 39 heavy (non-hydrogen) atoms. The van der Waals surface area contributed by atoms with Gasteiger partial charge in [0, 0.05) is 16.3 Å². The van der Waals surface area contributed by atoms with Crippen LogP contribution in [0.5, 0.6) is 0 Å². The first kappa shape index (κ1) is 20.9. The lowest BCUT2D eigenvalue weighted by Crippen LogP contribution is -1.85. The highest BCUT2D eigenvalue weighted by atomic mass is 16.3. The zero-order valence-corrected chi connectivity index (χ0v) is 21.1. The van der Waals surface area contributed by atoms with E-state index in [-0.39, 0.29) is 0 Å². The van der Waals surface area contributed by atoms with Crippen LogP contribution in [0.2, 0.25) is 0 Å². The van der Waals surface area contributed by atoms with Gasteiger partial charge < -0.3 is 4.42 Å². The maximum absolute atomic E-state index is 6.67. The van der Waals surface area contributed by atoms with Gasteiger partial charge in [-0.3, -0.25) is 0 Å². The third-order valence-electron chi connectivity index (χ3n) is 8.44. The SMILES string of the molecule is c1ccc2c(c1)-c1cccc3c(-c4cccc5oc6c(-c7cccc8ccccc78)cccc6c45)ccc-2c13. The number of furan rings is 1. The van der Waals surface area contributed by atoms with Crippen LogP contribution in [-0.4, -0.2) is 0 Å². The van der Waals surface area contributed by atoms with E-state index < -0.39 is 0 Å². The summed E-state index contributed by atoms with van der Waals surface area (Å²) in [6.07, 6.45) is 0. The first-order valence-electron chi connectivity index (χ1n) is 13.4. The van der Waals surface area contributed by atoms with Crippen molar-refractivity contribution < 1.29 is 4.42 Å². The van der Waals surface area contributed by atoms with E-state index >= 15 is 0 Å². The Balaban J connectivity index is 1.34. The van der Waals surface area contributed by atoms with Crippen LogP contribution in [0.25, 0.3) is 88.0 Å². The molecule has 0 unspecified atom stereocenters. The molecule has 1 nitrogen and oxygen atoms in total. The summed E-state index contributed by atoms with van der Waals surface area (Å²) in [4.78, 5) is 0. The molecule has 0 atom stereocenters. The fourth-order valence-corrected chi connectivity index (χ4v) is 6.79. The molecule has 1 aliphatic rings. The summed E-state index contributed by atoms with van der Waals surface area (Å²) >= 11 is 0. The fraction of sp³-hybridized carbons (Fsp3) is 0. The lowest BCUT2D eigenvalue weighted by molar-refractivity contribution is 0.670. The Kier molecular flexibility index (Phi) is 4.11. The van der Waals surface area contributed by atoms with Crippen LogP contribution in [0.15, 0.2) is 138 Å². The minimum Gasteiger partial charge on any atom is -0.455 e. The van der Waals surface area contributed by atoms with Crippen molar-refractivity contribution in [1.82, 2.24) is 0 Å². The molecule has 1 aliphatic carbocycles. The summed E-state index contributed by atoms with van der Waals surface area (Å²) in [5.41, 5.74) is 11.9. The molecular weight excluding hydrogens is 472 g/mol. The molecular formula is C38H22O. The van der Waals surface area contributed by atoms with Gasteiger partial charge in [0.2, 0.25) is 0 Å². The molecule has 0 N–H and O–H groups in total. The average molecular weight is 495 g/mol. The summed E-state index contributed by atoms with van der Waals surface area (Å²) in [5.74, 6) is 0. The molecule has 0 aliphatic heterocycles. The molecule has 0 radical (unpaired) electrons. The number of rotatable bonds is 2. The van der Waals surface area contributed by atoms with Crippen molar-refractivity contribution in [2.45, 2.75) is 0 Å². The van der Waals surface area contributed by atoms with Crippen molar-refractivity contribution in [2.24, 2.45) is 0 Å². The molecule has 0 bridgehead atoms. The lowest BCUT2D eigenvalue weighted by atomic mass is 9.91. The van der Waals surface area contributed by atoms with Gasteiger partial charge in [-0.15, -0.1) is 0 Å². The standard InChI is InChI=1S/C38H22O/c1-2-11-24-23(9-1)10-5-14-25(24)33-18-7-19-34-37-31(17-8-20-35(37)39-38(33)34)28-21-22-32-27-13-4-3-12-26(27)29-15-6-16-30(28)36(29)32/h1-22H. The van der Waals surface area contributed by atoms with E-state index in [9.17, 15) is 0 Å². The molecule has 1 aromatic heterocycles. The number of benzene rings is 7. The minimum atomic E-state index is 0.918. The Morgan fingerprint density at radius 1 is 0.308 bits per heavy atom. The second-order valence-electron chi connectivity index (χ2n) is 10.4. The number of hydrogen-bond donors (Lipinski definition) is 0. The van der Waals surface area contributed by atoms with E-state index in [0.717, 1.165) is 22.1 Å². The highest BCUT2D eigenvalue weighted by Crippen LogP contribution is 2.50. The van der Waals surface area contributed by atoms with Crippen molar-refractivity contribution in [2.75, 3.05) is 0 Å². The maximum Gasteiger partial charge on any atom is 0.143 e. The normalized spacial score (nSPS) is 12.1. The summed E-state index contributed by atoms with van der Waals surface area (Å²) < 4.78 is 6.67. The Hall–Kier alpha value is -5.14. The molecule has 0 saturated heterocycles. The van der Waals surface area contributed by atoms with Crippen LogP contribution in [0.3, 0.4) is 0 Å². The molecule has 0 saturated carbocycles. The number of fused-ring (bicyclic) bond motifs is 7.